The lowest BCUT2D eigenvalue weighted by molar-refractivity contribution is 0.412. The number of methoxy groups -OCH3 is 1. The topological polar surface area (TPSA) is 61.7 Å². The molecule has 0 aliphatic heterocycles. The summed E-state index contributed by atoms with van der Waals surface area (Å²) in [5.41, 5.74) is 2.82. The zero-order valence-corrected chi connectivity index (χ0v) is 11.8. The molecule has 0 bridgehead atoms. The predicted molar refractivity (Wildman–Crippen MR) is 79.5 cm³/mol. The van der Waals surface area contributed by atoms with E-state index in [1.165, 1.54) is 6.07 Å². The number of ether oxygens (including phenoxy) is 1. The Hall–Kier alpha value is -2.36. The molecule has 106 valence electrons. The summed E-state index contributed by atoms with van der Waals surface area (Å²) >= 11 is 0. The van der Waals surface area contributed by atoms with Crippen molar-refractivity contribution in [2.24, 2.45) is 0 Å². The minimum Gasteiger partial charge on any atom is -0.508 e. The van der Waals surface area contributed by atoms with Gasteiger partial charge in [-0.05, 0) is 55.3 Å². The van der Waals surface area contributed by atoms with E-state index in [9.17, 15) is 10.2 Å². The molecule has 2 aromatic rings. The number of aryl methyl sites for hydroxylation is 1. The second-order valence-corrected chi connectivity index (χ2v) is 4.83. The Morgan fingerprint density at radius 1 is 1.05 bits per heavy atom. The molecule has 0 saturated carbocycles. The maximum Gasteiger partial charge on any atom is 0.121 e. The zero-order valence-electron chi connectivity index (χ0n) is 11.8. The molecule has 4 heteroatoms. The molecule has 0 heterocycles. The second-order valence-electron chi connectivity index (χ2n) is 4.83. The first-order valence-electron chi connectivity index (χ1n) is 6.43. The van der Waals surface area contributed by atoms with E-state index in [0.717, 1.165) is 22.6 Å². The SMILES string of the molecule is COc1ccc(NC(C)c2cc(O)cc(O)c2)cc1C. The zero-order chi connectivity index (χ0) is 14.7. The third-order valence-electron chi connectivity index (χ3n) is 3.20. The summed E-state index contributed by atoms with van der Waals surface area (Å²) in [6.07, 6.45) is 0. The summed E-state index contributed by atoms with van der Waals surface area (Å²) in [5.74, 6) is 0.956. The number of benzene rings is 2. The number of hydrogen-bond acceptors (Lipinski definition) is 4. The third-order valence-corrected chi connectivity index (χ3v) is 3.20. The minimum atomic E-state index is -0.0409. The molecular formula is C16H19NO3. The summed E-state index contributed by atoms with van der Waals surface area (Å²) < 4.78 is 5.23. The van der Waals surface area contributed by atoms with Gasteiger partial charge in [0, 0.05) is 17.8 Å². The van der Waals surface area contributed by atoms with Crippen LogP contribution in [0.5, 0.6) is 17.2 Å². The lowest BCUT2D eigenvalue weighted by Gasteiger charge is -2.17. The highest BCUT2D eigenvalue weighted by Gasteiger charge is 2.09. The molecule has 0 spiro atoms. The number of phenolic OH excluding ortho intramolecular Hbond substituents is 2. The standard InChI is InChI=1S/C16H19NO3/c1-10-6-13(4-5-16(10)20-3)17-11(2)12-7-14(18)9-15(19)8-12/h4-9,11,17-19H,1-3H3. The van der Waals surface area contributed by atoms with E-state index >= 15 is 0 Å². The van der Waals surface area contributed by atoms with Crippen molar-refractivity contribution in [3.8, 4) is 17.2 Å². The molecule has 2 aromatic carbocycles. The second kappa shape index (κ2) is 5.74. The van der Waals surface area contributed by atoms with Crippen molar-refractivity contribution in [3.63, 3.8) is 0 Å². The van der Waals surface area contributed by atoms with Crippen LogP contribution in [0.2, 0.25) is 0 Å². The van der Waals surface area contributed by atoms with Crippen LogP contribution >= 0.6 is 0 Å². The summed E-state index contributed by atoms with van der Waals surface area (Å²) in [5, 5.41) is 22.4. The van der Waals surface area contributed by atoms with E-state index in [0.29, 0.717) is 0 Å². The molecule has 0 aromatic heterocycles. The lowest BCUT2D eigenvalue weighted by Crippen LogP contribution is -2.06. The molecule has 20 heavy (non-hydrogen) atoms. The van der Waals surface area contributed by atoms with Gasteiger partial charge in [0.05, 0.1) is 7.11 Å². The molecule has 1 atom stereocenters. The van der Waals surface area contributed by atoms with Gasteiger partial charge in [-0.15, -0.1) is 0 Å². The number of anilines is 1. The fourth-order valence-corrected chi connectivity index (χ4v) is 2.17. The van der Waals surface area contributed by atoms with E-state index in [1.807, 2.05) is 32.0 Å². The van der Waals surface area contributed by atoms with Crippen molar-refractivity contribution in [2.75, 3.05) is 12.4 Å². The normalized spacial score (nSPS) is 11.9. The molecule has 2 rings (SSSR count). The number of rotatable bonds is 4. The molecule has 0 fully saturated rings. The largest absolute Gasteiger partial charge is 0.508 e. The lowest BCUT2D eigenvalue weighted by atomic mass is 10.1. The fourth-order valence-electron chi connectivity index (χ4n) is 2.17. The molecule has 0 aliphatic rings. The number of aromatic hydroxyl groups is 2. The van der Waals surface area contributed by atoms with E-state index in [2.05, 4.69) is 5.32 Å². The highest BCUT2D eigenvalue weighted by molar-refractivity contribution is 5.52. The van der Waals surface area contributed by atoms with Crippen LogP contribution in [0.25, 0.3) is 0 Å². The van der Waals surface area contributed by atoms with Crippen LogP contribution in [0.3, 0.4) is 0 Å². The average Bonchev–Trinajstić information content (AvgIpc) is 2.37. The van der Waals surface area contributed by atoms with Crippen molar-refractivity contribution in [1.82, 2.24) is 0 Å². The van der Waals surface area contributed by atoms with Crippen LogP contribution in [-0.4, -0.2) is 17.3 Å². The molecule has 0 amide bonds. The summed E-state index contributed by atoms with van der Waals surface area (Å²) in [4.78, 5) is 0. The molecule has 0 saturated heterocycles. The molecule has 0 aliphatic carbocycles. The highest BCUT2D eigenvalue weighted by Crippen LogP contribution is 2.28. The van der Waals surface area contributed by atoms with Crippen molar-refractivity contribution >= 4 is 5.69 Å². The number of phenols is 2. The number of hydrogen-bond donors (Lipinski definition) is 3. The first-order chi connectivity index (χ1) is 9.49. The smallest absolute Gasteiger partial charge is 0.121 e. The third kappa shape index (κ3) is 3.15. The van der Waals surface area contributed by atoms with E-state index in [1.54, 1.807) is 19.2 Å². The van der Waals surface area contributed by atoms with Crippen molar-refractivity contribution in [3.05, 3.63) is 47.5 Å². The Labute approximate surface area is 118 Å². The van der Waals surface area contributed by atoms with Gasteiger partial charge in [-0.3, -0.25) is 0 Å². The Morgan fingerprint density at radius 2 is 1.70 bits per heavy atom. The van der Waals surface area contributed by atoms with E-state index in [4.69, 9.17) is 4.74 Å². The minimum absolute atomic E-state index is 0.0409. The predicted octanol–water partition coefficient (Wildman–Crippen LogP) is 3.59. The summed E-state index contributed by atoms with van der Waals surface area (Å²) in [6, 6.07) is 10.4. The van der Waals surface area contributed by atoms with Gasteiger partial charge in [0.2, 0.25) is 0 Å². The van der Waals surface area contributed by atoms with Gasteiger partial charge >= 0.3 is 0 Å². The van der Waals surface area contributed by atoms with Gasteiger partial charge in [-0.25, -0.2) is 0 Å². The fraction of sp³-hybridized carbons (Fsp3) is 0.250. The Bertz CT molecular complexity index is 590. The maximum atomic E-state index is 9.52. The molecule has 1 unspecified atom stereocenters. The van der Waals surface area contributed by atoms with Gasteiger partial charge in [0.15, 0.2) is 0 Å². The van der Waals surface area contributed by atoms with E-state index in [-0.39, 0.29) is 17.5 Å². The Balaban J connectivity index is 2.18. The summed E-state index contributed by atoms with van der Waals surface area (Å²) in [6.45, 7) is 3.95. The van der Waals surface area contributed by atoms with Crippen LogP contribution in [0.4, 0.5) is 5.69 Å². The first-order valence-corrected chi connectivity index (χ1v) is 6.43. The van der Waals surface area contributed by atoms with Crippen molar-refractivity contribution < 1.29 is 14.9 Å². The van der Waals surface area contributed by atoms with Crippen molar-refractivity contribution in [1.29, 1.82) is 0 Å². The van der Waals surface area contributed by atoms with Crippen LogP contribution in [-0.2, 0) is 0 Å². The van der Waals surface area contributed by atoms with Gasteiger partial charge < -0.3 is 20.3 Å². The Morgan fingerprint density at radius 3 is 2.25 bits per heavy atom. The maximum absolute atomic E-state index is 9.52. The molecule has 4 nitrogen and oxygen atoms in total. The van der Waals surface area contributed by atoms with Crippen LogP contribution in [0.1, 0.15) is 24.1 Å². The average molecular weight is 273 g/mol. The van der Waals surface area contributed by atoms with Gasteiger partial charge in [0.25, 0.3) is 0 Å². The highest BCUT2D eigenvalue weighted by atomic mass is 16.5. The number of nitrogens with one attached hydrogen (secondary N) is 1. The molecule has 3 N–H and O–H groups in total. The van der Waals surface area contributed by atoms with E-state index < -0.39 is 0 Å². The summed E-state index contributed by atoms with van der Waals surface area (Å²) in [7, 11) is 1.65. The quantitative estimate of drug-likeness (QED) is 0.796. The first kappa shape index (κ1) is 14.1. The van der Waals surface area contributed by atoms with Gasteiger partial charge in [0.1, 0.15) is 17.2 Å². The van der Waals surface area contributed by atoms with Crippen LogP contribution in [0, 0.1) is 6.92 Å². The molecule has 0 radical (unpaired) electrons. The van der Waals surface area contributed by atoms with Crippen molar-refractivity contribution in [2.45, 2.75) is 19.9 Å². The molecular weight excluding hydrogens is 254 g/mol. The van der Waals surface area contributed by atoms with Crippen LogP contribution in [0.15, 0.2) is 36.4 Å². The van der Waals surface area contributed by atoms with Gasteiger partial charge in [-0.2, -0.15) is 0 Å². The van der Waals surface area contributed by atoms with Gasteiger partial charge in [-0.1, -0.05) is 0 Å². The van der Waals surface area contributed by atoms with Crippen LogP contribution < -0.4 is 10.1 Å². The monoisotopic (exact) mass is 273 g/mol. The Kier molecular flexibility index (Phi) is 4.03.